The maximum absolute atomic E-state index is 12.3. The zero-order valence-electron chi connectivity index (χ0n) is 10.8. The van der Waals surface area contributed by atoms with E-state index < -0.39 is 0 Å². The summed E-state index contributed by atoms with van der Waals surface area (Å²) in [5.41, 5.74) is 1.33. The summed E-state index contributed by atoms with van der Waals surface area (Å²) in [7, 11) is 1.77. The average molecular weight is 326 g/mol. The Morgan fingerprint density at radius 1 is 1.37 bits per heavy atom. The fourth-order valence-electron chi connectivity index (χ4n) is 1.81. The first-order valence-corrected chi connectivity index (χ1v) is 7.21. The van der Waals surface area contributed by atoms with Gasteiger partial charge in [-0.15, -0.1) is 0 Å². The normalized spacial score (nSPS) is 10.8. The van der Waals surface area contributed by atoms with Crippen LogP contribution in [0.15, 0.2) is 34.9 Å². The zero-order valence-corrected chi connectivity index (χ0v) is 12.4. The molecule has 102 valence electrons. The van der Waals surface area contributed by atoms with Crippen molar-refractivity contribution in [2.45, 2.75) is 0 Å². The molecule has 0 saturated carbocycles. The number of fused-ring (bicyclic) bond motifs is 1. The van der Waals surface area contributed by atoms with E-state index in [1.165, 1.54) is 6.26 Å². The van der Waals surface area contributed by atoms with Gasteiger partial charge in [0.05, 0.1) is 18.8 Å². The minimum atomic E-state index is -0.0487. The number of hydrogen-bond acceptors (Lipinski definition) is 3. The molecule has 0 spiro atoms. The predicted octanol–water partition coefficient (Wildman–Crippen LogP) is 2.92. The molecule has 2 aromatic rings. The van der Waals surface area contributed by atoms with Crippen molar-refractivity contribution in [1.29, 1.82) is 0 Å². The van der Waals surface area contributed by atoms with Crippen molar-refractivity contribution in [3.05, 3.63) is 36.1 Å². The lowest BCUT2D eigenvalue weighted by molar-refractivity contribution is 0.0714. The van der Waals surface area contributed by atoms with E-state index >= 15 is 0 Å². The number of carbonyl (C=O) groups is 1. The van der Waals surface area contributed by atoms with Crippen molar-refractivity contribution < 1.29 is 13.9 Å². The summed E-state index contributed by atoms with van der Waals surface area (Å²) in [5.74, 6) is -0.0487. The van der Waals surface area contributed by atoms with Crippen molar-refractivity contribution in [2.75, 3.05) is 32.1 Å². The highest BCUT2D eigenvalue weighted by molar-refractivity contribution is 9.09. The van der Waals surface area contributed by atoms with Crippen LogP contribution in [0.5, 0.6) is 0 Å². The quantitative estimate of drug-likeness (QED) is 0.605. The Morgan fingerprint density at radius 2 is 2.16 bits per heavy atom. The van der Waals surface area contributed by atoms with Crippen LogP contribution in [0.4, 0.5) is 0 Å². The fraction of sp³-hybridized carbons (Fsp3) is 0.357. The summed E-state index contributed by atoms with van der Waals surface area (Å²) in [6.07, 6.45) is 1.52. The number of likely N-dealkylation sites (N-methyl/N-ethyl adjacent to an activating group) is 1. The molecule has 1 heterocycles. The molecule has 0 atom stereocenters. The van der Waals surface area contributed by atoms with Crippen LogP contribution in [0.25, 0.3) is 11.0 Å². The zero-order chi connectivity index (χ0) is 13.7. The minimum absolute atomic E-state index is 0.0487. The lowest BCUT2D eigenvalue weighted by atomic mass is 10.1. The molecular weight excluding hydrogens is 310 g/mol. The van der Waals surface area contributed by atoms with Gasteiger partial charge in [-0.05, 0) is 6.07 Å². The second kappa shape index (κ2) is 6.73. The standard InChI is InChI=1S/C14H16BrNO3/c1-16(7-9-18-8-6-15)14(17)12-10-19-13-5-3-2-4-11(12)13/h2-5,10H,6-9H2,1H3. The van der Waals surface area contributed by atoms with Crippen molar-refractivity contribution in [1.82, 2.24) is 4.90 Å². The highest BCUT2D eigenvalue weighted by Crippen LogP contribution is 2.21. The third-order valence-corrected chi connectivity index (χ3v) is 3.17. The molecule has 2 rings (SSSR count). The van der Waals surface area contributed by atoms with E-state index in [1.807, 2.05) is 24.3 Å². The summed E-state index contributed by atoms with van der Waals surface area (Å²) in [6, 6.07) is 7.53. The number of furan rings is 1. The first-order chi connectivity index (χ1) is 9.24. The molecule has 0 N–H and O–H groups in total. The number of carbonyl (C=O) groups excluding carboxylic acids is 1. The fourth-order valence-corrected chi connectivity index (χ4v) is 2.04. The molecule has 0 unspecified atom stereocenters. The van der Waals surface area contributed by atoms with E-state index in [0.29, 0.717) is 25.3 Å². The molecule has 1 aromatic heterocycles. The number of alkyl halides is 1. The van der Waals surface area contributed by atoms with E-state index in [2.05, 4.69) is 15.9 Å². The Hall–Kier alpha value is -1.33. The van der Waals surface area contributed by atoms with Gasteiger partial charge < -0.3 is 14.1 Å². The first kappa shape index (κ1) is 14.1. The lowest BCUT2D eigenvalue weighted by Gasteiger charge is -2.16. The number of rotatable bonds is 6. The molecule has 1 amide bonds. The summed E-state index contributed by atoms with van der Waals surface area (Å²) >= 11 is 3.29. The van der Waals surface area contributed by atoms with E-state index in [9.17, 15) is 4.79 Å². The van der Waals surface area contributed by atoms with Gasteiger partial charge in [-0.1, -0.05) is 34.1 Å². The molecule has 1 aromatic carbocycles. The number of ether oxygens (including phenoxy) is 1. The Labute approximate surface area is 120 Å². The second-order valence-electron chi connectivity index (χ2n) is 4.17. The predicted molar refractivity (Wildman–Crippen MR) is 77.8 cm³/mol. The highest BCUT2D eigenvalue weighted by atomic mass is 79.9. The molecule has 0 aliphatic heterocycles. The largest absolute Gasteiger partial charge is 0.463 e. The van der Waals surface area contributed by atoms with E-state index in [1.54, 1.807) is 11.9 Å². The van der Waals surface area contributed by atoms with Crippen LogP contribution in [0.2, 0.25) is 0 Å². The first-order valence-electron chi connectivity index (χ1n) is 6.09. The minimum Gasteiger partial charge on any atom is -0.463 e. The van der Waals surface area contributed by atoms with Crippen LogP contribution in [-0.2, 0) is 4.74 Å². The Morgan fingerprint density at radius 3 is 2.95 bits per heavy atom. The van der Waals surface area contributed by atoms with Gasteiger partial charge in [-0.25, -0.2) is 0 Å². The molecule has 0 aliphatic carbocycles. The molecular formula is C14H16BrNO3. The number of benzene rings is 1. The maximum Gasteiger partial charge on any atom is 0.257 e. The highest BCUT2D eigenvalue weighted by Gasteiger charge is 2.16. The maximum atomic E-state index is 12.3. The molecule has 0 radical (unpaired) electrons. The average Bonchev–Trinajstić information content (AvgIpc) is 2.86. The van der Waals surface area contributed by atoms with Gasteiger partial charge in [0.15, 0.2) is 0 Å². The number of para-hydroxylation sites is 1. The van der Waals surface area contributed by atoms with E-state index in [-0.39, 0.29) is 5.91 Å². The van der Waals surface area contributed by atoms with Gasteiger partial charge in [-0.2, -0.15) is 0 Å². The van der Waals surface area contributed by atoms with Crippen LogP contribution in [-0.4, -0.2) is 42.9 Å². The lowest BCUT2D eigenvalue weighted by Crippen LogP contribution is -2.30. The molecule has 4 nitrogen and oxygen atoms in total. The van der Waals surface area contributed by atoms with Crippen LogP contribution in [0.3, 0.4) is 0 Å². The topological polar surface area (TPSA) is 42.7 Å². The van der Waals surface area contributed by atoms with Gasteiger partial charge in [0.1, 0.15) is 11.8 Å². The smallest absolute Gasteiger partial charge is 0.257 e. The van der Waals surface area contributed by atoms with Gasteiger partial charge in [0.25, 0.3) is 5.91 Å². The molecule has 5 heteroatoms. The van der Waals surface area contributed by atoms with Crippen molar-refractivity contribution in [3.63, 3.8) is 0 Å². The Bertz CT molecular complexity index is 552. The molecule has 0 bridgehead atoms. The molecule has 0 fully saturated rings. The Kier molecular flexibility index (Phi) is 4.99. The number of hydrogen-bond donors (Lipinski definition) is 0. The summed E-state index contributed by atoms with van der Waals surface area (Å²) in [4.78, 5) is 13.9. The molecule has 0 saturated heterocycles. The summed E-state index contributed by atoms with van der Waals surface area (Å²) in [5, 5.41) is 1.65. The number of amides is 1. The number of halogens is 1. The van der Waals surface area contributed by atoms with E-state index in [4.69, 9.17) is 9.15 Å². The van der Waals surface area contributed by atoms with Gasteiger partial charge in [0.2, 0.25) is 0 Å². The second-order valence-corrected chi connectivity index (χ2v) is 4.97. The van der Waals surface area contributed by atoms with E-state index in [0.717, 1.165) is 16.3 Å². The van der Waals surface area contributed by atoms with Crippen LogP contribution < -0.4 is 0 Å². The van der Waals surface area contributed by atoms with Crippen molar-refractivity contribution in [2.24, 2.45) is 0 Å². The van der Waals surface area contributed by atoms with Crippen molar-refractivity contribution in [3.8, 4) is 0 Å². The van der Waals surface area contributed by atoms with Crippen LogP contribution in [0.1, 0.15) is 10.4 Å². The third kappa shape index (κ3) is 3.36. The van der Waals surface area contributed by atoms with Gasteiger partial charge >= 0.3 is 0 Å². The summed E-state index contributed by atoms with van der Waals surface area (Å²) < 4.78 is 10.7. The summed E-state index contributed by atoms with van der Waals surface area (Å²) in [6.45, 7) is 1.74. The number of nitrogens with zero attached hydrogens (tertiary/aromatic N) is 1. The molecule has 0 aliphatic rings. The van der Waals surface area contributed by atoms with Crippen LogP contribution in [0, 0.1) is 0 Å². The molecule has 19 heavy (non-hydrogen) atoms. The Balaban J connectivity index is 2.02. The van der Waals surface area contributed by atoms with Crippen molar-refractivity contribution >= 4 is 32.8 Å². The van der Waals surface area contributed by atoms with Gasteiger partial charge in [0, 0.05) is 24.3 Å². The van der Waals surface area contributed by atoms with Gasteiger partial charge in [-0.3, -0.25) is 4.79 Å². The SMILES string of the molecule is CN(CCOCCBr)C(=O)c1coc2ccccc12. The monoisotopic (exact) mass is 325 g/mol. The van der Waals surface area contributed by atoms with Crippen LogP contribution >= 0.6 is 15.9 Å². The third-order valence-electron chi connectivity index (χ3n) is 2.85.